The Morgan fingerprint density at radius 3 is 2.65 bits per heavy atom. The number of aromatic hydroxyl groups is 1. The molecule has 1 aromatic carbocycles. The first-order valence-electron chi connectivity index (χ1n) is 8.78. The lowest BCUT2D eigenvalue weighted by molar-refractivity contribution is 0.295. The molecule has 23 heavy (non-hydrogen) atoms. The highest BCUT2D eigenvalue weighted by Gasteiger charge is 2.04. The second-order valence-electron chi connectivity index (χ2n) is 5.94. The fourth-order valence-corrected chi connectivity index (χ4v) is 2.89. The Balaban J connectivity index is 1.73. The topological polar surface area (TPSA) is 48.4 Å². The highest BCUT2D eigenvalue weighted by atomic mass is 16.3. The molecule has 0 saturated carbocycles. The minimum Gasteiger partial charge on any atom is -0.508 e. The number of phenolic OH excluding ortho intramolecular Hbond substituents is 1. The Morgan fingerprint density at radius 1 is 1.09 bits per heavy atom. The number of hydrogen-bond donors (Lipinski definition) is 2. The second kappa shape index (κ2) is 9.36. The normalized spacial score (nSPS) is 11.3. The van der Waals surface area contributed by atoms with Gasteiger partial charge in [0, 0.05) is 24.2 Å². The summed E-state index contributed by atoms with van der Waals surface area (Å²) in [5.74, 6) is 0.284. The fourth-order valence-electron chi connectivity index (χ4n) is 2.89. The molecule has 0 saturated heterocycles. The molecule has 0 fully saturated rings. The molecule has 2 N–H and O–H groups in total. The molecular formula is C19H29N3O. The maximum atomic E-state index is 9.81. The van der Waals surface area contributed by atoms with Crippen LogP contribution in [-0.4, -0.2) is 41.2 Å². The molecule has 0 bridgehead atoms. The van der Waals surface area contributed by atoms with E-state index in [0.29, 0.717) is 0 Å². The van der Waals surface area contributed by atoms with Crippen molar-refractivity contribution in [3.63, 3.8) is 0 Å². The van der Waals surface area contributed by atoms with Crippen molar-refractivity contribution in [1.29, 1.82) is 0 Å². The van der Waals surface area contributed by atoms with Crippen LogP contribution in [0.15, 0.2) is 30.5 Å². The molecule has 4 heteroatoms. The minimum absolute atomic E-state index is 0.284. The van der Waals surface area contributed by atoms with Crippen molar-refractivity contribution >= 4 is 16.6 Å². The number of rotatable bonds is 10. The lowest BCUT2D eigenvalue weighted by Crippen LogP contribution is -2.23. The molecule has 1 aromatic heterocycles. The zero-order valence-electron chi connectivity index (χ0n) is 14.4. The number of unbranched alkanes of at least 4 members (excludes halogenated alkanes) is 3. The third kappa shape index (κ3) is 5.39. The van der Waals surface area contributed by atoms with E-state index in [0.717, 1.165) is 42.6 Å². The van der Waals surface area contributed by atoms with Crippen LogP contribution in [0.25, 0.3) is 10.9 Å². The Hall–Kier alpha value is -1.81. The highest BCUT2D eigenvalue weighted by Crippen LogP contribution is 2.26. The first kappa shape index (κ1) is 17.5. The first-order valence-corrected chi connectivity index (χ1v) is 8.78. The van der Waals surface area contributed by atoms with Crippen LogP contribution in [0.1, 0.15) is 39.5 Å². The van der Waals surface area contributed by atoms with Crippen LogP contribution in [0.5, 0.6) is 5.75 Å². The molecule has 0 aliphatic carbocycles. The largest absolute Gasteiger partial charge is 0.508 e. The predicted molar refractivity (Wildman–Crippen MR) is 98.2 cm³/mol. The van der Waals surface area contributed by atoms with Gasteiger partial charge in [-0.2, -0.15) is 0 Å². The van der Waals surface area contributed by atoms with Gasteiger partial charge < -0.3 is 15.3 Å². The number of aromatic nitrogens is 1. The van der Waals surface area contributed by atoms with Crippen LogP contribution in [0, 0.1) is 0 Å². The van der Waals surface area contributed by atoms with Crippen LogP contribution >= 0.6 is 0 Å². The lowest BCUT2D eigenvalue weighted by Gasteiger charge is -2.17. The minimum atomic E-state index is 0.284. The molecule has 2 rings (SSSR count). The van der Waals surface area contributed by atoms with Crippen molar-refractivity contribution in [1.82, 2.24) is 9.88 Å². The van der Waals surface area contributed by atoms with E-state index < -0.39 is 0 Å². The van der Waals surface area contributed by atoms with E-state index in [2.05, 4.69) is 29.0 Å². The molecule has 0 spiro atoms. The van der Waals surface area contributed by atoms with Crippen molar-refractivity contribution in [2.45, 2.75) is 39.5 Å². The van der Waals surface area contributed by atoms with Crippen molar-refractivity contribution in [2.24, 2.45) is 0 Å². The zero-order chi connectivity index (χ0) is 16.5. The molecule has 0 aliphatic rings. The van der Waals surface area contributed by atoms with Gasteiger partial charge in [-0.15, -0.1) is 0 Å². The number of fused-ring (bicyclic) bond motifs is 1. The molecule has 0 amide bonds. The van der Waals surface area contributed by atoms with E-state index in [1.54, 1.807) is 18.3 Å². The third-order valence-corrected chi connectivity index (χ3v) is 4.30. The average Bonchev–Trinajstić information content (AvgIpc) is 2.57. The standard InChI is InChI=1S/C19H29N3O/c1-3-22(4-2)13-8-6-5-7-11-20-18-15-17(23)14-16-10-9-12-21-19(16)18/h9-10,12,14-15,20,23H,3-8,11,13H2,1-2H3. The maximum Gasteiger partial charge on any atom is 0.118 e. The summed E-state index contributed by atoms with van der Waals surface area (Å²) in [6, 6.07) is 7.37. The van der Waals surface area contributed by atoms with Crippen LogP contribution in [-0.2, 0) is 0 Å². The highest BCUT2D eigenvalue weighted by molar-refractivity contribution is 5.91. The molecule has 0 aliphatic heterocycles. The number of nitrogens with one attached hydrogen (secondary N) is 1. The monoisotopic (exact) mass is 315 g/mol. The number of phenols is 1. The van der Waals surface area contributed by atoms with Gasteiger partial charge in [0.15, 0.2) is 0 Å². The SMILES string of the molecule is CCN(CC)CCCCCCNc1cc(O)cc2cccnc12. The van der Waals surface area contributed by atoms with Gasteiger partial charge in [0.25, 0.3) is 0 Å². The molecule has 0 unspecified atom stereocenters. The van der Waals surface area contributed by atoms with E-state index in [4.69, 9.17) is 0 Å². The Labute approximate surface area is 139 Å². The van der Waals surface area contributed by atoms with Crippen molar-refractivity contribution < 1.29 is 5.11 Å². The van der Waals surface area contributed by atoms with Gasteiger partial charge in [-0.3, -0.25) is 4.98 Å². The Morgan fingerprint density at radius 2 is 1.87 bits per heavy atom. The van der Waals surface area contributed by atoms with Gasteiger partial charge in [-0.1, -0.05) is 32.8 Å². The number of pyridine rings is 1. The lowest BCUT2D eigenvalue weighted by atomic mass is 10.1. The molecule has 4 nitrogen and oxygen atoms in total. The second-order valence-corrected chi connectivity index (χ2v) is 5.94. The van der Waals surface area contributed by atoms with E-state index in [9.17, 15) is 5.11 Å². The van der Waals surface area contributed by atoms with Gasteiger partial charge in [0.1, 0.15) is 5.75 Å². The quantitative estimate of drug-likeness (QED) is 0.643. The summed E-state index contributed by atoms with van der Waals surface area (Å²) in [7, 11) is 0. The van der Waals surface area contributed by atoms with Gasteiger partial charge in [0.2, 0.25) is 0 Å². The van der Waals surface area contributed by atoms with Gasteiger partial charge in [-0.05, 0) is 44.6 Å². The summed E-state index contributed by atoms with van der Waals surface area (Å²) < 4.78 is 0. The fraction of sp³-hybridized carbons (Fsp3) is 0.526. The van der Waals surface area contributed by atoms with Crippen molar-refractivity contribution in [3.05, 3.63) is 30.5 Å². The Bertz CT molecular complexity index is 596. The smallest absolute Gasteiger partial charge is 0.118 e. The summed E-state index contributed by atoms with van der Waals surface area (Å²) >= 11 is 0. The predicted octanol–water partition coefficient (Wildman–Crippen LogP) is 4.25. The summed E-state index contributed by atoms with van der Waals surface area (Å²) in [4.78, 5) is 6.88. The van der Waals surface area contributed by atoms with E-state index >= 15 is 0 Å². The molecule has 126 valence electrons. The van der Waals surface area contributed by atoms with E-state index in [-0.39, 0.29) is 5.75 Å². The molecular weight excluding hydrogens is 286 g/mol. The van der Waals surface area contributed by atoms with Gasteiger partial charge in [-0.25, -0.2) is 0 Å². The number of nitrogens with zero attached hydrogens (tertiary/aromatic N) is 2. The van der Waals surface area contributed by atoms with Crippen LogP contribution < -0.4 is 5.32 Å². The van der Waals surface area contributed by atoms with Crippen LogP contribution in [0.3, 0.4) is 0 Å². The number of benzene rings is 1. The van der Waals surface area contributed by atoms with E-state index in [1.807, 2.05) is 12.1 Å². The maximum absolute atomic E-state index is 9.81. The van der Waals surface area contributed by atoms with Crippen molar-refractivity contribution in [3.8, 4) is 5.75 Å². The first-order chi connectivity index (χ1) is 11.2. The van der Waals surface area contributed by atoms with Gasteiger partial charge in [0.05, 0.1) is 11.2 Å². The zero-order valence-corrected chi connectivity index (χ0v) is 14.4. The molecule has 1 heterocycles. The average molecular weight is 315 g/mol. The molecule has 0 atom stereocenters. The summed E-state index contributed by atoms with van der Waals surface area (Å²) in [6.07, 6.45) is 6.72. The van der Waals surface area contributed by atoms with Crippen LogP contribution in [0.4, 0.5) is 5.69 Å². The molecule has 2 aromatic rings. The van der Waals surface area contributed by atoms with Crippen molar-refractivity contribution in [2.75, 3.05) is 31.5 Å². The summed E-state index contributed by atoms with van der Waals surface area (Å²) in [5.41, 5.74) is 1.84. The summed E-state index contributed by atoms with van der Waals surface area (Å²) in [6.45, 7) is 8.87. The number of anilines is 1. The van der Waals surface area contributed by atoms with Crippen LogP contribution in [0.2, 0.25) is 0 Å². The third-order valence-electron chi connectivity index (χ3n) is 4.30. The summed E-state index contributed by atoms with van der Waals surface area (Å²) in [5, 5.41) is 14.2. The number of hydrogen-bond acceptors (Lipinski definition) is 4. The van der Waals surface area contributed by atoms with Gasteiger partial charge >= 0.3 is 0 Å². The van der Waals surface area contributed by atoms with E-state index in [1.165, 1.54) is 25.8 Å². The Kier molecular flexibility index (Phi) is 7.14. The molecule has 0 radical (unpaired) electrons.